The molecule has 1 aliphatic rings. The first-order chi connectivity index (χ1) is 9.12. The van der Waals surface area contributed by atoms with Crippen molar-refractivity contribution in [1.82, 2.24) is 0 Å². The van der Waals surface area contributed by atoms with Crippen LogP contribution in [0.1, 0.15) is 36.7 Å². The molecule has 1 heterocycles. The lowest BCUT2D eigenvalue weighted by Crippen LogP contribution is -2.39. The number of nitrogens with zero attached hydrogens (tertiary/aromatic N) is 1. The van der Waals surface area contributed by atoms with Crippen molar-refractivity contribution in [3.05, 3.63) is 27.7 Å². The van der Waals surface area contributed by atoms with E-state index < -0.39 is 17.1 Å². The zero-order chi connectivity index (χ0) is 15.2. The molecule has 2 rings (SSSR count). The van der Waals surface area contributed by atoms with E-state index in [1.807, 2.05) is 13.0 Å². The van der Waals surface area contributed by atoms with Gasteiger partial charge in [0.1, 0.15) is 0 Å². The van der Waals surface area contributed by atoms with E-state index in [0.717, 1.165) is 10.0 Å². The van der Waals surface area contributed by atoms with Crippen LogP contribution in [0, 0.1) is 12.3 Å². The molecule has 0 unspecified atom stereocenters. The van der Waals surface area contributed by atoms with E-state index in [9.17, 15) is 14.4 Å². The minimum atomic E-state index is -0.626. The molecule has 0 aromatic heterocycles. The Labute approximate surface area is 126 Å². The van der Waals surface area contributed by atoms with Gasteiger partial charge in [-0.1, -0.05) is 36.7 Å². The Morgan fingerprint density at radius 1 is 1.25 bits per heavy atom. The van der Waals surface area contributed by atoms with E-state index in [0.29, 0.717) is 11.3 Å². The fourth-order valence-electron chi connectivity index (χ4n) is 2.14. The number of hydrogen-bond acceptors (Lipinski definition) is 3. The van der Waals surface area contributed by atoms with E-state index >= 15 is 0 Å². The highest BCUT2D eigenvalue weighted by atomic mass is 79.9. The Balaban J connectivity index is 2.46. The number of hydrogen-bond donors (Lipinski definition) is 0. The van der Waals surface area contributed by atoms with Crippen molar-refractivity contribution < 1.29 is 14.4 Å². The number of aryl methyl sites for hydroxylation is 1. The minimum absolute atomic E-state index is 0.0659. The number of rotatable bonds is 2. The van der Waals surface area contributed by atoms with E-state index in [-0.39, 0.29) is 12.3 Å². The number of carbonyl (C=O) groups excluding carboxylic acids is 3. The van der Waals surface area contributed by atoms with Crippen LogP contribution < -0.4 is 4.90 Å². The molecule has 0 bridgehead atoms. The number of carbonyl (C=O) groups is 3. The van der Waals surface area contributed by atoms with Gasteiger partial charge in [0.15, 0.2) is 5.78 Å². The third-order valence-corrected chi connectivity index (χ3v) is 3.82. The Morgan fingerprint density at radius 3 is 2.40 bits per heavy atom. The van der Waals surface area contributed by atoms with Gasteiger partial charge in [0.2, 0.25) is 0 Å². The normalized spacial score (nSPS) is 14.8. The van der Waals surface area contributed by atoms with Crippen LogP contribution in [0.3, 0.4) is 0 Å². The van der Waals surface area contributed by atoms with Gasteiger partial charge in [-0.05, 0) is 24.6 Å². The molecule has 1 aromatic rings. The summed E-state index contributed by atoms with van der Waals surface area (Å²) in [6.45, 7) is 7.15. The van der Waals surface area contributed by atoms with Crippen LogP contribution in [0.2, 0.25) is 0 Å². The molecule has 0 fully saturated rings. The smallest absolute Gasteiger partial charge is 0.297 e. The van der Waals surface area contributed by atoms with Gasteiger partial charge in [-0.25, -0.2) is 0 Å². The first kappa shape index (κ1) is 14.9. The topological polar surface area (TPSA) is 54.5 Å². The second-order valence-electron chi connectivity index (χ2n) is 6.01. The molecule has 0 atom stereocenters. The highest BCUT2D eigenvalue weighted by molar-refractivity contribution is 9.10. The molecule has 0 radical (unpaired) electrons. The van der Waals surface area contributed by atoms with Crippen molar-refractivity contribution >= 4 is 39.1 Å². The van der Waals surface area contributed by atoms with Crippen molar-refractivity contribution in [2.45, 2.75) is 27.7 Å². The van der Waals surface area contributed by atoms with Crippen molar-refractivity contribution in [2.24, 2.45) is 5.41 Å². The summed E-state index contributed by atoms with van der Waals surface area (Å²) in [6, 6.07) is 3.46. The van der Waals surface area contributed by atoms with Gasteiger partial charge in [-0.2, -0.15) is 0 Å². The average Bonchev–Trinajstić information content (AvgIpc) is 2.53. The van der Waals surface area contributed by atoms with E-state index in [1.165, 1.54) is 4.90 Å². The van der Waals surface area contributed by atoms with Crippen LogP contribution in [0.15, 0.2) is 16.6 Å². The maximum absolute atomic E-state index is 12.1. The minimum Gasteiger partial charge on any atom is -0.297 e. The van der Waals surface area contributed by atoms with Gasteiger partial charge < -0.3 is 0 Å². The highest BCUT2D eigenvalue weighted by Crippen LogP contribution is 2.35. The predicted molar refractivity (Wildman–Crippen MR) is 80.0 cm³/mol. The standard InChI is InChI=1S/C15H16BrNO3/c1-8-5-9(16)6-10-12(8)17(14(20)13(10)19)7-11(18)15(2,3)4/h5-6H,7H2,1-4H3. The molecule has 0 saturated heterocycles. The summed E-state index contributed by atoms with van der Waals surface area (Å²) in [5.74, 6) is -1.25. The number of anilines is 1. The third-order valence-electron chi connectivity index (χ3n) is 3.36. The largest absolute Gasteiger partial charge is 0.299 e. The third kappa shape index (κ3) is 2.42. The van der Waals surface area contributed by atoms with Gasteiger partial charge in [-0.15, -0.1) is 0 Å². The van der Waals surface area contributed by atoms with Gasteiger partial charge in [0.25, 0.3) is 11.7 Å². The Bertz CT molecular complexity index is 629. The number of benzene rings is 1. The van der Waals surface area contributed by atoms with E-state index in [2.05, 4.69) is 15.9 Å². The van der Waals surface area contributed by atoms with Crippen molar-refractivity contribution in [1.29, 1.82) is 0 Å². The molecule has 0 spiro atoms. The van der Waals surface area contributed by atoms with Crippen LogP contribution >= 0.6 is 15.9 Å². The number of amides is 1. The summed E-state index contributed by atoms with van der Waals surface area (Å²) in [7, 11) is 0. The SMILES string of the molecule is Cc1cc(Br)cc2c1N(CC(=O)C(C)(C)C)C(=O)C2=O. The summed E-state index contributed by atoms with van der Waals surface area (Å²) in [5, 5.41) is 0. The van der Waals surface area contributed by atoms with Gasteiger partial charge in [0, 0.05) is 9.89 Å². The number of fused-ring (bicyclic) bond motifs is 1. The number of Topliss-reactive ketones (excluding diaryl/α,β-unsaturated/α-hetero) is 2. The molecular weight excluding hydrogens is 322 g/mol. The fraction of sp³-hybridized carbons (Fsp3) is 0.400. The quantitative estimate of drug-likeness (QED) is 0.779. The Hall–Kier alpha value is -1.49. The monoisotopic (exact) mass is 337 g/mol. The van der Waals surface area contributed by atoms with Crippen molar-refractivity contribution in [2.75, 3.05) is 11.4 Å². The lowest BCUT2D eigenvalue weighted by atomic mass is 9.90. The van der Waals surface area contributed by atoms with Crippen LogP contribution in [0.4, 0.5) is 5.69 Å². The van der Waals surface area contributed by atoms with Crippen molar-refractivity contribution in [3.8, 4) is 0 Å². The summed E-state index contributed by atoms with van der Waals surface area (Å²) in [4.78, 5) is 37.6. The van der Waals surface area contributed by atoms with Gasteiger partial charge in [0.05, 0.1) is 17.8 Å². The van der Waals surface area contributed by atoms with Crippen LogP contribution in [0.5, 0.6) is 0 Å². The molecule has 4 nitrogen and oxygen atoms in total. The molecule has 1 aromatic carbocycles. The maximum atomic E-state index is 12.1. The summed E-state index contributed by atoms with van der Waals surface area (Å²) < 4.78 is 0.749. The lowest BCUT2D eigenvalue weighted by Gasteiger charge is -2.23. The number of ketones is 2. The van der Waals surface area contributed by atoms with Crippen LogP contribution in [0.25, 0.3) is 0 Å². The number of halogens is 1. The molecule has 20 heavy (non-hydrogen) atoms. The first-order valence-electron chi connectivity index (χ1n) is 6.32. The molecule has 0 saturated carbocycles. The Morgan fingerprint density at radius 2 is 1.85 bits per heavy atom. The highest BCUT2D eigenvalue weighted by Gasteiger charge is 2.39. The maximum Gasteiger partial charge on any atom is 0.299 e. The zero-order valence-corrected chi connectivity index (χ0v) is 13.5. The molecule has 0 aliphatic carbocycles. The fourth-order valence-corrected chi connectivity index (χ4v) is 2.71. The van der Waals surface area contributed by atoms with Crippen LogP contribution in [-0.4, -0.2) is 24.0 Å². The second kappa shape index (κ2) is 4.81. The molecule has 5 heteroatoms. The molecule has 1 amide bonds. The molecular formula is C15H16BrNO3. The van der Waals surface area contributed by atoms with E-state index in [1.54, 1.807) is 26.8 Å². The predicted octanol–water partition coefficient (Wildman–Crippen LogP) is 2.90. The van der Waals surface area contributed by atoms with Crippen LogP contribution in [-0.2, 0) is 9.59 Å². The van der Waals surface area contributed by atoms with Gasteiger partial charge >= 0.3 is 0 Å². The average molecular weight is 338 g/mol. The lowest BCUT2D eigenvalue weighted by molar-refractivity contribution is -0.126. The molecule has 0 N–H and O–H groups in total. The molecule has 1 aliphatic heterocycles. The first-order valence-corrected chi connectivity index (χ1v) is 7.12. The van der Waals surface area contributed by atoms with E-state index in [4.69, 9.17) is 0 Å². The summed E-state index contributed by atoms with van der Waals surface area (Å²) in [6.07, 6.45) is 0. The zero-order valence-electron chi connectivity index (χ0n) is 11.9. The molecule has 106 valence electrons. The van der Waals surface area contributed by atoms with Gasteiger partial charge in [-0.3, -0.25) is 19.3 Å². The summed E-state index contributed by atoms with van der Waals surface area (Å²) >= 11 is 3.32. The van der Waals surface area contributed by atoms with Crippen molar-refractivity contribution in [3.63, 3.8) is 0 Å². The Kier molecular flexibility index (Phi) is 3.58. The second-order valence-corrected chi connectivity index (χ2v) is 6.93. The summed E-state index contributed by atoms with van der Waals surface area (Å²) in [5.41, 5.74) is 1.18.